The largest absolute Gasteiger partial charge is 0.333 e. The van der Waals surface area contributed by atoms with Gasteiger partial charge in [-0.25, -0.2) is 0 Å². The zero-order valence-electron chi connectivity index (χ0n) is 16.5. The van der Waals surface area contributed by atoms with Gasteiger partial charge in [-0.2, -0.15) is 0 Å². The molecule has 28 heavy (non-hydrogen) atoms. The highest BCUT2D eigenvalue weighted by atomic mass is 16.2. The Morgan fingerprint density at radius 3 is 2.11 bits per heavy atom. The van der Waals surface area contributed by atoms with Crippen LogP contribution in [-0.4, -0.2) is 40.9 Å². The molecule has 0 aliphatic carbocycles. The Kier molecular flexibility index (Phi) is 7.20. The van der Waals surface area contributed by atoms with E-state index in [-0.39, 0.29) is 24.4 Å². The molecule has 5 heteroatoms. The van der Waals surface area contributed by atoms with Gasteiger partial charge in [-0.3, -0.25) is 14.9 Å². The summed E-state index contributed by atoms with van der Waals surface area (Å²) < 4.78 is 0. The minimum atomic E-state index is -0.0307. The molecular formula is C23H29N3O2. The molecule has 1 heterocycles. The molecule has 5 nitrogen and oxygen atoms in total. The lowest BCUT2D eigenvalue weighted by atomic mass is 10.1. The van der Waals surface area contributed by atoms with Crippen molar-refractivity contribution in [2.75, 3.05) is 13.2 Å². The summed E-state index contributed by atoms with van der Waals surface area (Å²) in [5, 5.41) is 3.38. The van der Waals surface area contributed by atoms with Crippen LogP contribution in [0.4, 0.5) is 0 Å². The van der Waals surface area contributed by atoms with Crippen molar-refractivity contribution in [1.82, 2.24) is 15.1 Å². The first-order valence-electron chi connectivity index (χ1n) is 10.0. The number of amides is 2. The number of carbonyl (C=O) groups excluding carboxylic acids is 2. The maximum absolute atomic E-state index is 13.1. The molecule has 1 N–H and O–H groups in total. The molecule has 1 aliphatic rings. The Balaban J connectivity index is 1.67. The number of nitrogens with one attached hydrogen (secondary N) is 1. The SMILES string of the molecule is CCCC1CC(=O)N(CC(=O)N(Cc2ccccc2)Cc2ccccc2)CN1. The molecule has 1 unspecified atom stereocenters. The minimum Gasteiger partial charge on any atom is -0.333 e. The normalized spacial score (nSPS) is 16.8. The lowest BCUT2D eigenvalue weighted by Crippen LogP contribution is -2.53. The maximum Gasteiger partial charge on any atom is 0.242 e. The van der Waals surface area contributed by atoms with Crippen LogP contribution in [0.1, 0.15) is 37.3 Å². The summed E-state index contributed by atoms with van der Waals surface area (Å²) in [5.74, 6) is 0.0294. The van der Waals surface area contributed by atoms with Crippen molar-refractivity contribution in [3.05, 3.63) is 71.8 Å². The average molecular weight is 380 g/mol. The van der Waals surface area contributed by atoms with Gasteiger partial charge in [-0.15, -0.1) is 0 Å². The van der Waals surface area contributed by atoms with E-state index in [2.05, 4.69) is 12.2 Å². The number of rotatable bonds is 8. The molecule has 2 aromatic rings. The molecule has 2 amide bonds. The van der Waals surface area contributed by atoms with E-state index in [0.29, 0.717) is 26.2 Å². The van der Waals surface area contributed by atoms with E-state index in [1.54, 1.807) is 4.90 Å². The number of benzene rings is 2. The van der Waals surface area contributed by atoms with E-state index < -0.39 is 0 Å². The first-order valence-corrected chi connectivity index (χ1v) is 10.0. The molecule has 0 bridgehead atoms. The van der Waals surface area contributed by atoms with Gasteiger partial charge in [0.1, 0.15) is 6.54 Å². The van der Waals surface area contributed by atoms with Gasteiger partial charge in [0, 0.05) is 25.6 Å². The van der Waals surface area contributed by atoms with Gasteiger partial charge in [0.25, 0.3) is 0 Å². The van der Waals surface area contributed by atoms with Crippen molar-refractivity contribution in [2.24, 2.45) is 0 Å². The quantitative estimate of drug-likeness (QED) is 0.767. The standard InChI is InChI=1S/C23H29N3O2/c1-2-9-21-14-22(27)26(18-24-21)17-23(28)25(15-19-10-5-3-6-11-19)16-20-12-7-4-8-13-20/h3-8,10-13,21,24H,2,9,14-18H2,1H3. The first-order chi connectivity index (χ1) is 13.7. The van der Waals surface area contributed by atoms with Crippen molar-refractivity contribution in [3.63, 3.8) is 0 Å². The molecule has 2 aromatic carbocycles. The topological polar surface area (TPSA) is 52.7 Å². The second kappa shape index (κ2) is 10.0. The highest BCUT2D eigenvalue weighted by Gasteiger charge is 2.27. The van der Waals surface area contributed by atoms with Crippen LogP contribution in [0.25, 0.3) is 0 Å². The predicted molar refractivity (Wildman–Crippen MR) is 110 cm³/mol. The molecule has 0 aromatic heterocycles. The monoisotopic (exact) mass is 379 g/mol. The van der Waals surface area contributed by atoms with Gasteiger partial charge in [-0.05, 0) is 17.5 Å². The van der Waals surface area contributed by atoms with Gasteiger partial charge in [0.15, 0.2) is 0 Å². The summed E-state index contributed by atoms with van der Waals surface area (Å²) in [5.41, 5.74) is 2.16. The molecule has 1 aliphatic heterocycles. The third-order valence-electron chi connectivity index (χ3n) is 5.09. The molecular weight excluding hydrogens is 350 g/mol. The van der Waals surface area contributed by atoms with Crippen LogP contribution in [0.3, 0.4) is 0 Å². The van der Waals surface area contributed by atoms with Crippen LogP contribution in [0.5, 0.6) is 0 Å². The molecule has 0 radical (unpaired) electrons. The van der Waals surface area contributed by atoms with Crippen LogP contribution >= 0.6 is 0 Å². The van der Waals surface area contributed by atoms with Crippen LogP contribution in [0.2, 0.25) is 0 Å². The summed E-state index contributed by atoms with van der Waals surface area (Å²) in [6.45, 7) is 3.74. The average Bonchev–Trinajstić information content (AvgIpc) is 2.71. The number of nitrogens with zero attached hydrogens (tertiary/aromatic N) is 2. The Morgan fingerprint density at radius 2 is 1.61 bits per heavy atom. The van der Waals surface area contributed by atoms with E-state index in [4.69, 9.17) is 0 Å². The number of hydrogen-bond acceptors (Lipinski definition) is 3. The van der Waals surface area contributed by atoms with Crippen molar-refractivity contribution >= 4 is 11.8 Å². The fraction of sp³-hybridized carbons (Fsp3) is 0.391. The van der Waals surface area contributed by atoms with Crippen molar-refractivity contribution in [3.8, 4) is 0 Å². The fourth-order valence-electron chi connectivity index (χ4n) is 3.54. The second-order valence-electron chi connectivity index (χ2n) is 7.36. The Hall–Kier alpha value is -2.66. The van der Waals surface area contributed by atoms with E-state index in [9.17, 15) is 9.59 Å². The first kappa shape index (κ1) is 20.1. The van der Waals surface area contributed by atoms with Crippen LogP contribution < -0.4 is 5.32 Å². The van der Waals surface area contributed by atoms with Gasteiger partial charge >= 0.3 is 0 Å². The summed E-state index contributed by atoms with van der Waals surface area (Å²) in [6.07, 6.45) is 2.51. The van der Waals surface area contributed by atoms with Crippen molar-refractivity contribution < 1.29 is 9.59 Å². The zero-order chi connectivity index (χ0) is 19.8. The second-order valence-corrected chi connectivity index (χ2v) is 7.36. The van der Waals surface area contributed by atoms with E-state index in [0.717, 1.165) is 24.0 Å². The molecule has 1 saturated heterocycles. The summed E-state index contributed by atoms with van der Waals surface area (Å²) >= 11 is 0. The molecule has 0 spiro atoms. The summed E-state index contributed by atoms with van der Waals surface area (Å²) in [7, 11) is 0. The van der Waals surface area contributed by atoms with Gasteiger partial charge in [0.05, 0.1) is 6.67 Å². The van der Waals surface area contributed by atoms with Gasteiger partial charge in [0.2, 0.25) is 11.8 Å². The highest BCUT2D eigenvalue weighted by Crippen LogP contribution is 2.14. The smallest absolute Gasteiger partial charge is 0.242 e. The lowest BCUT2D eigenvalue weighted by Gasteiger charge is -2.34. The fourth-order valence-corrected chi connectivity index (χ4v) is 3.54. The molecule has 1 atom stereocenters. The molecule has 0 saturated carbocycles. The molecule has 1 fully saturated rings. The Morgan fingerprint density at radius 1 is 1.04 bits per heavy atom. The predicted octanol–water partition coefficient (Wildman–Crippen LogP) is 3.16. The van der Waals surface area contributed by atoms with Crippen molar-refractivity contribution in [2.45, 2.75) is 45.3 Å². The summed E-state index contributed by atoms with van der Waals surface area (Å²) in [6, 6.07) is 20.2. The maximum atomic E-state index is 13.1. The third kappa shape index (κ3) is 5.67. The minimum absolute atomic E-state index is 0.0307. The number of hydrogen-bond donors (Lipinski definition) is 1. The third-order valence-corrected chi connectivity index (χ3v) is 5.09. The van der Waals surface area contributed by atoms with Crippen LogP contribution in [0, 0.1) is 0 Å². The summed E-state index contributed by atoms with van der Waals surface area (Å²) in [4.78, 5) is 29.0. The molecule has 148 valence electrons. The Bertz CT molecular complexity index is 722. The van der Waals surface area contributed by atoms with Gasteiger partial charge < -0.3 is 9.80 Å². The molecule has 3 rings (SSSR count). The van der Waals surface area contributed by atoms with E-state index >= 15 is 0 Å². The van der Waals surface area contributed by atoms with Crippen molar-refractivity contribution in [1.29, 1.82) is 0 Å². The van der Waals surface area contributed by atoms with Gasteiger partial charge in [-0.1, -0.05) is 74.0 Å². The van der Waals surface area contributed by atoms with Crippen LogP contribution in [-0.2, 0) is 22.7 Å². The number of carbonyl (C=O) groups is 2. The zero-order valence-corrected chi connectivity index (χ0v) is 16.5. The highest BCUT2D eigenvalue weighted by molar-refractivity contribution is 5.85. The van der Waals surface area contributed by atoms with E-state index in [1.807, 2.05) is 65.6 Å². The Labute approximate surface area is 167 Å². The van der Waals surface area contributed by atoms with Crippen LogP contribution in [0.15, 0.2) is 60.7 Å². The lowest BCUT2D eigenvalue weighted by molar-refractivity contribution is -0.143. The van der Waals surface area contributed by atoms with E-state index in [1.165, 1.54) is 0 Å².